The summed E-state index contributed by atoms with van der Waals surface area (Å²) in [6, 6.07) is 26.8. The van der Waals surface area contributed by atoms with Crippen molar-refractivity contribution in [2.45, 2.75) is 70.1 Å². The lowest BCUT2D eigenvalue weighted by molar-refractivity contribution is 0.249. The number of nitrogens with one attached hydrogen (secondary N) is 6. The van der Waals surface area contributed by atoms with Crippen LogP contribution in [-0.4, -0.2) is 53.9 Å². The SMILES string of the molecule is CCCCCCC1c2cc(NC(=O)NCCCOC(=S)Nc3ccc(CN=C=S)cc3)ccc2-c2ccc(NC(=O)NCCCOC(=S)Nc3ccc(CSC#N)cc3)cc21. The summed E-state index contributed by atoms with van der Waals surface area (Å²) in [5.74, 6) is 0.755. The van der Waals surface area contributed by atoms with Crippen LogP contribution < -0.4 is 31.9 Å². The number of nitriles is 1. The van der Waals surface area contributed by atoms with E-state index in [0.29, 0.717) is 62.8 Å². The second-order valence-electron chi connectivity index (χ2n) is 14.2. The van der Waals surface area contributed by atoms with Gasteiger partial charge in [0.25, 0.3) is 10.3 Å². The van der Waals surface area contributed by atoms with Crippen molar-refractivity contribution in [3.63, 3.8) is 0 Å². The third-order valence-corrected chi connectivity index (χ3v) is 10.9. The largest absolute Gasteiger partial charge is 0.471 e. The second-order valence-corrected chi connectivity index (χ2v) is 15.9. The molecule has 0 saturated carbocycles. The van der Waals surface area contributed by atoms with E-state index in [9.17, 15) is 9.59 Å². The Bertz CT molecular complexity index is 2210. The van der Waals surface area contributed by atoms with Gasteiger partial charge in [0.1, 0.15) is 5.40 Å². The Kier molecular flexibility index (Phi) is 19.3. The molecule has 61 heavy (non-hydrogen) atoms. The van der Waals surface area contributed by atoms with E-state index in [4.69, 9.17) is 39.2 Å². The van der Waals surface area contributed by atoms with Gasteiger partial charge in [-0.1, -0.05) is 69.0 Å². The van der Waals surface area contributed by atoms with Crippen LogP contribution in [0.1, 0.15) is 80.0 Å². The molecule has 0 heterocycles. The van der Waals surface area contributed by atoms with E-state index in [2.05, 4.69) is 90.9 Å². The fourth-order valence-corrected chi connectivity index (χ4v) is 7.65. The number of unbranched alkanes of at least 4 members (excludes halogenated alkanes) is 3. The van der Waals surface area contributed by atoms with Gasteiger partial charge in [0.15, 0.2) is 0 Å². The highest BCUT2D eigenvalue weighted by atomic mass is 32.2. The van der Waals surface area contributed by atoms with Crippen molar-refractivity contribution in [1.29, 1.82) is 5.26 Å². The molecule has 0 aliphatic heterocycles. The minimum Gasteiger partial charge on any atom is -0.471 e. The predicted molar refractivity (Wildman–Crippen MR) is 259 cm³/mol. The molecule has 318 valence electrons. The van der Waals surface area contributed by atoms with Gasteiger partial charge in [-0.15, -0.1) is 0 Å². The predicted octanol–water partition coefficient (Wildman–Crippen LogP) is 10.9. The Hall–Kier alpha value is -5.56. The van der Waals surface area contributed by atoms with Crippen molar-refractivity contribution >= 4 is 98.7 Å². The molecule has 16 heteroatoms. The number of thiocarbonyl (C=S) groups is 3. The highest BCUT2D eigenvalue weighted by Crippen LogP contribution is 2.48. The Morgan fingerprint density at radius 3 is 1.69 bits per heavy atom. The zero-order valence-corrected chi connectivity index (χ0v) is 37.3. The highest BCUT2D eigenvalue weighted by molar-refractivity contribution is 8.02. The summed E-state index contributed by atoms with van der Waals surface area (Å²) in [5, 5.41) is 31.6. The average molecular weight is 895 g/mol. The number of thiocyanates is 1. The molecule has 0 radical (unpaired) electrons. The molecule has 1 unspecified atom stereocenters. The molecule has 4 aromatic carbocycles. The van der Waals surface area contributed by atoms with Crippen LogP contribution in [0.15, 0.2) is 89.9 Å². The number of thioether (sulfide) groups is 1. The molecule has 1 aliphatic carbocycles. The summed E-state index contributed by atoms with van der Waals surface area (Å²) in [6.07, 6.45) is 6.63. The molecule has 6 N–H and O–H groups in total. The van der Waals surface area contributed by atoms with Crippen molar-refractivity contribution in [2.24, 2.45) is 4.99 Å². The van der Waals surface area contributed by atoms with Gasteiger partial charge >= 0.3 is 12.1 Å². The van der Waals surface area contributed by atoms with Crippen LogP contribution >= 0.6 is 48.4 Å². The van der Waals surface area contributed by atoms with Gasteiger partial charge in [-0.3, -0.25) is 0 Å². The molecule has 0 aromatic heterocycles. The number of carbonyl (C=O) groups is 2. The van der Waals surface area contributed by atoms with E-state index < -0.39 is 0 Å². The zero-order chi connectivity index (χ0) is 43.2. The normalized spacial score (nSPS) is 12.0. The van der Waals surface area contributed by atoms with E-state index in [1.807, 2.05) is 60.7 Å². The smallest absolute Gasteiger partial charge is 0.319 e. The number of fused-ring (bicyclic) bond motifs is 3. The highest BCUT2D eigenvalue weighted by Gasteiger charge is 2.29. The number of amides is 4. The number of hydrogen-bond acceptors (Lipinski definition) is 10. The monoisotopic (exact) mass is 894 g/mol. The molecule has 0 saturated heterocycles. The maximum Gasteiger partial charge on any atom is 0.319 e. The lowest BCUT2D eigenvalue weighted by Gasteiger charge is -2.16. The van der Waals surface area contributed by atoms with Crippen LogP contribution in [-0.2, 0) is 21.8 Å². The standard InChI is InChI=1S/C45H50N8O4S4/c1-2-3-4-5-8-37-40-25-35(50-42(54)48-21-6-23-56-44(59)52-33-13-9-31(10-14-33)27-47-30-58)17-19-38(40)39-20-18-36(26-41(37)39)51-43(55)49-22-7-24-57-45(60)53-34-15-11-32(12-16-34)28-61-29-46/h9-20,25-26,37H,2-8,21-24,27-28H2,1H3,(H,52,59)(H,53,60)(H2,48,50,54)(H2,49,51,55). The number of ether oxygens (including phenoxy) is 2. The molecule has 4 aromatic rings. The molecule has 1 aliphatic rings. The number of urea groups is 2. The lowest BCUT2D eigenvalue weighted by atomic mass is 9.90. The molecular formula is C45H50N8O4S4. The topological polar surface area (TPSA) is 161 Å². The maximum absolute atomic E-state index is 12.9. The van der Waals surface area contributed by atoms with E-state index in [0.717, 1.165) is 70.4 Å². The molecule has 5 rings (SSSR count). The number of isothiocyanates is 1. The summed E-state index contributed by atoms with van der Waals surface area (Å²) in [5.41, 5.74) is 9.68. The van der Waals surface area contributed by atoms with E-state index in [1.54, 1.807) is 0 Å². The number of hydrogen-bond donors (Lipinski definition) is 6. The maximum atomic E-state index is 12.9. The summed E-state index contributed by atoms with van der Waals surface area (Å²) >= 11 is 16.4. The number of anilines is 4. The van der Waals surface area contributed by atoms with Crippen molar-refractivity contribution in [1.82, 2.24) is 10.6 Å². The third-order valence-electron chi connectivity index (χ3n) is 9.72. The van der Waals surface area contributed by atoms with Gasteiger partial charge in [-0.05, 0) is 150 Å². The van der Waals surface area contributed by atoms with E-state index >= 15 is 0 Å². The first-order valence-corrected chi connectivity index (χ1v) is 22.4. The summed E-state index contributed by atoms with van der Waals surface area (Å²) in [7, 11) is 0. The minimum absolute atomic E-state index is 0.129. The van der Waals surface area contributed by atoms with Crippen LogP contribution in [0.5, 0.6) is 0 Å². The lowest BCUT2D eigenvalue weighted by Crippen LogP contribution is -2.30. The zero-order valence-electron chi connectivity index (χ0n) is 34.0. The number of carbonyl (C=O) groups excluding carboxylic acids is 2. The molecular weight excluding hydrogens is 845 g/mol. The van der Waals surface area contributed by atoms with Crippen LogP contribution in [0.25, 0.3) is 11.1 Å². The first kappa shape index (κ1) is 46.5. The van der Waals surface area contributed by atoms with Gasteiger partial charge in [0.2, 0.25) is 0 Å². The minimum atomic E-state index is -0.301. The van der Waals surface area contributed by atoms with Crippen LogP contribution in [0.3, 0.4) is 0 Å². The number of benzene rings is 4. The summed E-state index contributed by atoms with van der Waals surface area (Å²) < 4.78 is 11.3. The summed E-state index contributed by atoms with van der Waals surface area (Å²) in [4.78, 5) is 29.7. The van der Waals surface area contributed by atoms with Gasteiger partial charge in [0, 0.05) is 47.5 Å². The molecule has 0 bridgehead atoms. The van der Waals surface area contributed by atoms with Gasteiger partial charge < -0.3 is 41.4 Å². The van der Waals surface area contributed by atoms with Crippen LogP contribution in [0.4, 0.5) is 32.3 Å². The van der Waals surface area contributed by atoms with Gasteiger partial charge in [-0.25, -0.2) is 14.6 Å². The fourth-order valence-electron chi connectivity index (χ4n) is 6.76. The Morgan fingerprint density at radius 2 is 1.20 bits per heavy atom. The van der Waals surface area contributed by atoms with Crippen LogP contribution in [0.2, 0.25) is 0 Å². The summed E-state index contributed by atoms with van der Waals surface area (Å²) in [6.45, 7) is 4.17. The molecule has 4 amide bonds. The van der Waals surface area contributed by atoms with E-state index in [-0.39, 0.29) is 28.3 Å². The molecule has 12 nitrogen and oxygen atoms in total. The third kappa shape index (κ3) is 15.4. The van der Waals surface area contributed by atoms with Crippen molar-refractivity contribution in [3.8, 4) is 16.5 Å². The number of aliphatic imine (C=N–C) groups is 1. The average Bonchev–Trinajstić information content (AvgIpc) is 3.55. The number of rotatable bonds is 21. The quantitative estimate of drug-likeness (QED) is 0.0204. The molecule has 0 spiro atoms. The molecule has 1 atom stereocenters. The fraction of sp³-hybridized carbons (Fsp3) is 0.333. The Balaban J connectivity index is 1.06. The first-order valence-electron chi connectivity index (χ1n) is 20.2. The number of nitrogens with zero attached hydrogens (tertiary/aromatic N) is 2. The van der Waals surface area contributed by atoms with Crippen LogP contribution in [0, 0.1) is 10.7 Å². The van der Waals surface area contributed by atoms with E-state index in [1.165, 1.54) is 18.2 Å². The first-order chi connectivity index (χ1) is 29.8. The Morgan fingerprint density at radius 1 is 0.689 bits per heavy atom. The Labute approximate surface area is 378 Å². The van der Waals surface area contributed by atoms with Gasteiger partial charge in [0.05, 0.1) is 24.9 Å². The van der Waals surface area contributed by atoms with Crippen molar-refractivity contribution in [3.05, 3.63) is 107 Å². The van der Waals surface area contributed by atoms with Crippen molar-refractivity contribution in [2.75, 3.05) is 47.6 Å². The van der Waals surface area contributed by atoms with Crippen molar-refractivity contribution < 1.29 is 19.1 Å². The second kappa shape index (κ2) is 25.3. The van der Waals surface area contributed by atoms with Gasteiger partial charge in [-0.2, -0.15) is 5.26 Å². The molecule has 0 fully saturated rings.